The summed E-state index contributed by atoms with van der Waals surface area (Å²) in [5.74, 6) is 0.550. The summed E-state index contributed by atoms with van der Waals surface area (Å²) in [4.78, 5) is 19.1. The summed E-state index contributed by atoms with van der Waals surface area (Å²) in [7, 11) is 4.00. The van der Waals surface area contributed by atoms with Crippen LogP contribution >= 0.6 is 0 Å². The van der Waals surface area contributed by atoms with Crippen molar-refractivity contribution in [2.24, 2.45) is 5.92 Å². The van der Waals surface area contributed by atoms with Gasteiger partial charge in [0.05, 0.1) is 34.6 Å². The molecule has 2 aromatic carbocycles. The summed E-state index contributed by atoms with van der Waals surface area (Å²) in [6.07, 6.45) is 8.46. The van der Waals surface area contributed by atoms with Crippen LogP contribution in [0.25, 0.3) is 55.7 Å². The number of benzene rings is 2. The third kappa shape index (κ3) is 5.64. The molecule has 0 radical (unpaired) electrons. The lowest BCUT2D eigenvalue weighted by Gasteiger charge is -2.13. The lowest BCUT2D eigenvalue weighted by atomic mass is 10.0. The van der Waals surface area contributed by atoms with Crippen LogP contribution in [0.15, 0.2) is 67.3 Å². The van der Waals surface area contributed by atoms with E-state index in [0.29, 0.717) is 40.7 Å². The van der Waals surface area contributed by atoms with Gasteiger partial charge < -0.3 is 25.6 Å². The number of aliphatic hydroxyl groups is 1. The number of rotatable bonds is 10. The van der Waals surface area contributed by atoms with Gasteiger partial charge in [0.1, 0.15) is 17.7 Å². The highest BCUT2D eigenvalue weighted by atomic mass is 19.1. The fourth-order valence-corrected chi connectivity index (χ4v) is 5.28. The number of aromatic nitrogens is 6. The number of hydrogen-bond donors (Lipinski definition) is 5. The minimum absolute atomic E-state index is 0.306. The maximum atomic E-state index is 14.7. The molecule has 1 saturated carbocycles. The minimum Gasteiger partial charge on any atom is -0.384 e. The number of halogens is 1. The van der Waals surface area contributed by atoms with Crippen LogP contribution in [-0.4, -0.2) is 73.6 Å². The SMILES string of the molecule is CN(C)CCNc1cc(F)cc(-c2cncc3[nH]c(-c4n[nH]c5ccc(-c6cncc(NC(O)C7CC7)c6)cc45)nc23)c1. The van der Waals surface area contributed by atoms with Gasteiger partial charge in [0.2, 0.25) is 0 Å². The van der Waals surface area contributed by atoms with Gasteiger partial charge in [-0.2, -0.15) is 5.10 Å². The number of imidazole rings is 1. The number of fused-ring (bicyclic) bond motifs is 2. The summed E-state index contributed by atoms with van der Waals surface area (Å²) < 4.78 is 14.7. The number of likely N-dealkylation sites (N-methyl/N-ethyl adjacent to an activating group) is 1. The van der Waals surface area contributed by atoms with Crippen molar-refractivity contribution in [1.82, 2.24) is 35.0 Å². The van der Waals surface area contributed by atoms with Crippen LogP contribution in [0.4, 0.5) is 15.8 Å². The number of H-pyrrole nitrogens is 2. The molecule has 4 heterocycles. The first-order valence-corrected chi connectivity index (χ1v) is 14.3. The molecule has 43 heavy (non-hydrogen) atoms. The van der Waals surface area contributed by atoms with Crippen LogP contribution < -0.4 is 10.6 Å². The molecule has 0 bridgehead atoms. The molecule has 1 aliphatic carbocycles. The van der Waals surface area contributed by atoms with Gasteiger partial charge in [0.15, 0.2) is 5.82 Å². The van der Waals surface area contributed by atoms with E-state index in [2.05, 4.69) is 46.7 Å². The topological polar surface area (TPSA) is 131 Å². The van der Waals surface area contributed by atoms with Crippen molar-refractivity contribution in [2.45, 2.75) is 19.1 Å². The van der Waals surface area contributed by atoms with Gasteiger partial charge in [-0.3, -0.25) is 15.1 Å². The molecule has 5 N–H and O–H groups in total. The van der Waals surface area contributed by atoms with Crippen molar-refractivity contribution in [3.8, 4) is 33.8 Å². The standard InChI is InChI=1S/C32H32FN9O/c1-42(2)8-7-36-23-10-20(9-22(33)13-23)26-16-35-17-28-29(26)39-31(38-28)30-25-12-19(5-6-27(25)40-41-30)21-11-24(15-34-14-21)37-32(43)18-3-4-18/h5-6,9-18,32,36-37,43H,3-4,7-8H2,1-2H3,(H,38,39)(H,40,41). The quantitative estimate of drug-likeness (QED) is 0.135. The molecule has 0 aliphatic heterocycles. The molecule has 10 nitrogen and oxygen atoms in total. The van der Waals surface area contributed by atoms with Gasteiger partial charge in [-0.05, 0) is 74.5 Å². The molecule has 1 atom stereocenters. The van der Waals surface area contributed by atoms with E-state index in [4.69, 9.17) is 4.98 Å². The molecule has 1 fully saturated rings. The summed E-state index contributed by atoms with van der Waals surface area (Å²) in [5.41, 5.74) is 7.69. The Morgan fingerprint density at radius 2 is 1.79 bits per heavy atom. The number of aromatic amines is 2. The van der Waals surface area contributed by atoms with E-state index in [-0.39, 0.29) is 5.82 Å². The van der Waals surface area contributed by atoms with E-state index in [9.17, 15) is 9.50 Å². The number of nitrogens with one attached hydrogen (secondary N) is 4. The zero-order valence-electron chi connectivity index (χ0n) is 23.9. The molecule has 218 valence electrons. The zero-order chi connectivity index (χ0) is 29.5. The van der Waals surface area contributed by atoms with Crippen LogP contribution in [0.3, 0.4) is 0 Å². The first-order chi connectivity index (χ1) is 20.9. The van der Waals surface area contributed by atoms with E-state index in [1.807, 2.05) is 38.4 Å². The van der Waals surface area contributed by atoms with Crippen LogP contribution in [-0.2, 0) is 0 Å². The third-order valence-corrected chi connectivity index (χ3v) is 7.73. The van der Waals surface area contributed by atoms with E-state index >= 15 is 0 Å². The van der Waals surface area contributed by atoms with Crippen LogP contribution in [0.1, 0.15) is 12.8 Å². The minimum atomic E-state index is -0.564. The second-order valence-electron chi connectivity index (χ2n) is 11.3. The second-order valence-corrected chi connectivity index (χ2v) is 11.3. The first kappa shape index (κ1) is 27.0. The summed E-state index contributed by atoms with van der Waals surface area (Å²) in [5, 5.41) is 25.4. The molecule has 0 amide bonds. The Labute approximate surface area is 247 Å². The van der Waals surface area contributed by atoms with Crippen molar-refractivity contribution >= 4 is 33.3 Å². The summed E-state index contributed by atoms with van der Waals surface area (Å²) in [6.45, 7) is 1.52. The average molecular weight is 578 g/mol. The normalized spacial score (nSPS) is 14.1. The Morgan fingerprint density at radius 1 is 0.953 bits per heavy atom. The molecular formula is C32H32FN9O. The predicted octanol–water partition coefficient (Wildman–Crippen LogP) is 5.48. The molecule has 11 heteroatoms. The highest BCUT2D eigenvalue weighted by molar-refractivity contribution is 5.98. The Balaban J connectivity index is 1.22. The maximum absolute atomic E-state index is 14.7. The number of aliphatic hydroxyl groups excluding tert-OH is 1. The lowest BCUT2D eigenvalue weighted by Crippen LogP contribution is -2.20. The molecular weight excluding hydrogens is 545 g/mol. The predicted molar refractivity (Wildman–Crippen MR) is 167 cm³/mol. The van der Waals surface area contributed by atoms with Gasteiger partial charge >= 0.3 is 0 Å². The van der Waals surface area contributed by atoms with Gasteiger partial charge in [-0.25, -0.2) is 9.37 Å². The molecule has 4 aromatic heterocycles. The van der Waals surface area contributed by atoms with Crippen LogP contribution in [0.2, 0.25) is 0 Å². The lowest BCUT2D eigenvalue weighted by molar-refractivity contribution is 0.180. The van der Waals surface area contributed by atoms with Gasteiger partial charge in [0.25, 0.3) is 0 Å². The fourth-order valence-electron chi connectivity index (χ4n) is 5.28. The number of nitrogens with zero attached hydrogens (tertiary/aromatic N) is 5. The van der Waals surface area contributed by atoms with Crippen LogP contribution in [0, 0.1) is 11.7 Å². The van der Waals surface area contributed by atoms with Crippen molar-refractivity contribution in [3.63, 3.8) is 0 Å². The van der Waals surface area contributed by atoms with Gasteiger partial charge in [-0.15, -0.1) is 0 Å². The van der Waals surface area contributed by atoms with E-state index in [0.717, 1.165) is 58.2 Å². The Bertz CT molecular complexity index is 1930. The number of pyridine rings is 2. The van der Waals surface area contributed by atoms with E-state index < -0.39 is 6.23 Å². The summed E-state index contributed by atoms with van der Waals surface area (Å²) in [6, 6.07) is 12.9. The van der Waals surface area contributed by atoms with Crippen molar-refractivity contribution < 1.29 is 9.50 Å². The Morgan fingerprint density at radius 3 is 2.63 bits per heavy atom. The first-order valence-electron chi connectivity index (χ1n) is 14.3. The van der Waals surface area contributed by atoms with Crippen molar-refractivity contribution in [3.05, 3.63) is 73.1 Å². The van der Waals surface area contributed by atoms with Gasteiger partial charge in [0, 0.05) is 53.6 Å². The largest absolute Gasteiger partial charge is 0.384 e. The average Bonchev–Trinajstić information content (AvgIpc) is 3.62. The number of anilines is 2. The smallest absolute Gasteiger partial charge is 0.159 e. The fraction of sp³-hybridized carbons (Fsp3) is 0.250. The highest BCUT2D eigenvalue weighted by Gasteiger charge is 2.29. The zero-order valence-corrected chi connectivity index (χ0v) is 23.9. The Kier molecular flexibility index (Phi) is 6.96. The highest BCUT2D eigenvalue weighted by Crippen LogP contribution is 2.35. The molecule has 0 spiro atoms. The molecule has 1 aliphatic rings. The van der Waals surface area contributed by atoms with Crippen LogP contribution in [0.5, 0.6) is 0 Å². The van der Waals surface area contributed by atoms with Crippen molar-refractivity contribution in [2.75, 3.05) is 37.8 Å². The van der Waals surface area contributed by atoms with E-state index in [1.54, 1.807) is 24.8 Å². The summed E-state index contributed by atoms with van der Waals surface area (Å²) >= 11 is 0. The maximum Gasteiger partial charge on any atom is 0.159 e. The van der Waals surface area contributed by atoms with E-state index in [1.165, 1.54) is 12.1 Å². The molecule has 7 rings (SSSR count). The monoisotopic (exact) mass is 577 g/mol. The molecule has 0 saturated heterocycles. The Hall–Kier alpha value is -4.87. The molecule has 1 unspecified atom stereocenters. The van der Waals surface area contributed by atoms with Gasteiger partial charge in [-0.1, -0.05) is 6.07 Å². The number of hydrogen-bond acceptors (Lipinski definition) is 8. The second kappa shape index (κ2) is 11.1. The van der Waals surface area contributed by atoms with Crippen molar-refractivity contribution in [1.29, 1.82) is 0 Å². The third-order valence-electron chi connectivity index (χ3n) is 7.73. The molecule has 6 aromatic rings.